The number of halogens is 4. The van der Waals surface area contributed by atoms with E-state index in [2.05, 4.69) is 9.47 Å². The third-order valence-electron chi connectivity index (χ3n) is 3.53. The molecule has 1 aromatic carbocycles. The van der Waals surface area contributed by atoms with E-state index in [1.54, 1.807) is 4.90 Å². The molecule has 1 aliphatic rings. The van der Waals surface area contributed by atoms with Crippen molar-refractivity contribution in [2.45, 2.75) is 31.8 Å². The minimum Gasteiger partial charge on any atom is -0.478 e. The van der Waals surface area contributed by atoms with Gasteiger partial charge in [0, 0.05) is 12.2 Å². The summed E-state index contributed by atoms with van der Waals surface area (Å²) in [5, 5.41) is 8.86. The zero-order valence-corrected chi connectivity index (χ0v) is 11.9. The summed E-state index contributed by atoms with van der Waals surface area (Å²) in [7, 11) is 0. The molecule has 0 amide bonds. The summed E-state index contributed by atoms with van der Waals surface area (Å²) in [6, 6.07) is 5.12. The van der Waals surface area contributed by atoms with Gasteiger partial charge in [-0.05, 0) is 30.7 Å². The van der Waals surface area contributed by atoms with Gasteiger partial charge in [0.25, 0.3) is 0 Å². The van der Waals surface area contributed by atoms with Gasteiger partial charge in [0.15, 0.2) is 0 Å². The Morgan fingerprint density at radius 1 is 1.22 bits per heavy atom. The van der Waals surface area contributed by atoms with Crippen LogP contribution in [0, 0.1) is 0 Å². The Balaban J connectivity index is 2.12. The summed E-state index contributed by atoms with van der Waals surface area (Å²) in [6.07, 6.45) is -0.710. The highest BCUT2D eigenvalue weighted by molar-refractivity contribution is 5.88. The van der Waals surface area contributed by atoms with Crippen LogP contribution >= 0.6 is 0 Å². The van der Waals surface area contributed by atoms with Crippen LogP contribution in [0.1, 0.15) is 16.8 Å². The largest absolute Gasteiger partial charge is 0.478 e. The fourth-order valence-corrected chi connectivity index (χ4v) is 2.57. The van der Waals surface area contributed by atoms with Crippen LogP contribution in [0.15, 0.2) is 24.3 Å². The van der Waals surface area contributed by atoms with Crippen LogP contribution in [0.25, 0.3) is 0 Å². The van der Waals surface area contributed by atoms with Crippen LogP contribution in [0.5, 0.6) is 0 Å². The number of carbonyl (C=O) groups is 1. The second-order valence-electron chi connectivity index (χ2n) is 5.01. The Labute approximate surface area is 129 Å². The molecule has 0 unspecified atom stereocenters. The highest BCUT2D eigenvalue weighted by Crippen LogP contribution is 2.29. The second-order valence-corrected chi connectivity index (χ2v) is 5.01. The summed E-state index contributed by atoms with van der Waals surface area (Å²) < 4.78 is 57.8. The van der Waals surface area contributed by atoms with E-state index in [1.807, 2.05) is 0 Å². The molecule has 1 saturated heterocycles. The molecular weight excluding hydrogens is 322 g/mol. The smallest absolute Gasteiger partial charge is 0.345 e. The first-order valence-electron chi connectivity index (χ1n) is 6.80. The molecule has 0 spiro atoms. The summed E-state index contributed by atoms with van der Waals surface area (Å²) >= 11 is 0. The molecule has 1 aromatic rings. The SMILES string of the molecule is O=C(O)c1ccc(N2C[C@@H](OC(F)F)C[C@H]2COC(F)F)cc1. The number of carboxylic acid groups (broad SMARTS) is 1. The van der Waals surface area contributed by atoms with Crippen molar-refractivity contribution in [3.63, 3.8) is 0 Å². The molecule has 0 saturated carbocycles. The lowest BCUT2D eigenvalue weighted by Gasteiger charge is -2.26. The third kappa shape index (κ3) is 4.80. The van der Waals surface area contributed by atoms with Crippen molar-refractivity contribution >= 4 is 11.7 Å². The highest BCUT2D eigenvalue weighted by atomic mass is 19.3. The summed E-state index contributed by atoms with van der Waals surface area (Å²) in [5.74, 6) is -1.10. The average molecular weight is 337 g/mol. The van der Waals surface area contributed by atoms with E-state index in [0.29, 0.717) is 5.69 Å². The van der Waals surface area contributed by atoms with Gasteiger partial charge >= 0.3 is 19.2 Å². The molecule has 1 aliphatic heterocycles. The first-order chi connectivity index (χ1) is 10.9. The molecule has 1 heterocycles. The average Bonchev–Trinajstić information content (AvgIpc) is 2.87. The van der Waals surface area contributed by atoms with Gasteiger partial charge in [-0.3, -0.25) is 0 Å². The number of rotatable bonds is 7. The Morgan fingerprint density at radius 2 is 1.87 bits per heavy atom. The van der Waals surface area contributed by atoms with E-state index in [0.717, 1.165) is 0 Å². The number of carboxylic acids is 1. The maximum Gasteiger partial charge on any atom is 0.345 e. The lowest BCUT2D eigenvalue weighted by molar-refractivity contribution is -0.159. The predicted molar refractivity (Wildman–Crippen MR) is 72.0 cm³/mol. The molecule has 2 atom stereocenters. The molecule has 0 aromatic heterocycles. The van der Waals surface area contributed by atoms with Gasteiger partial charge in [-0.1, -0.05) is 0 Å². The van der Waals surface area contributed by atoms with Crippen molar-refractivity contribution in [3.05, 3.63) is 29.8 Å². The Hall–Kier alpha value is -1.87. The normalized spacial score (nSPS) is 21.4. The number of benzene rings is 1. The maximum atomic E-state index is 12.3. The number of hydrogen-bond acceptors (Lipinski definition) is 4. The van der Waals surface area contributed by atoms with Gasteiger partial charge in [-0.15, -0.1) is 0 Å². The quantitative estimate of drug-likeness (QED) is 0.776. The molecule has 5 nitrogen and oxygen atoms in total. The van der Waals surface area contributed by atoms with Crippen LogP contribution in [-0.4, -0.2) is 49.6 Å². The van der Waals surface area contributed by atoms with Crippen molar-refractivity contribution < 1.29 is 36.9 Å². The van der Waals surface area contributed by atoms with Gasteiger partial charge in [-0.2, -0.15) is 17.6 Å². The van der Waals surface area contributed by atoms with E-state index in [-0.39, 0.29) is 25.1 Å². The molecule has 0 radical (unpaired) electrons. The Morgan fingerprint density at radius 3 is 2.39 bits per heavy atom. The number of ether oxygens (including phenoxy) is 2. The third-order valence-corrected chi connectivity index (χ3v) is 3.53. The first kappa shape index (κ1) is 17.5. The molecule has 23 heavy (non-hydrogen) atoms. The monoisotopic (exact) mass is 337 g/mol. The summed E-state index contributed by atoms with van der Waals surface area (Å²) in [4.78, 5) is 12.4. The van der Waals surface area contributed by atoms with Gasteiger partial charge in [-0.25, -0.2) is 4.79 Å². The minimum absolute atomic E-state index is 0.0636. The van der Waals surface area contributed by atoms with Gasteiger partial charge < -0.3 is 19.5 Å². The second kappa shape index (κ2) is 7.60. The fraction of sp³-hybridized carbons (Fsp3) is 0.500. The summed E-state index contributed by atoms with van der Waals surface area (Å²) in [6.45, 7) is -6.18. The predicted octanol–water partition coefficient (Wildman–Crippen LogP) is 2.81. The van der Waals surface area contributed by atoms with Gasteiger partial charge in [0.1, 0.15) is 0 Å². The van der Waals surface area contributed by atoms with E-state index in [9.17, 15) is 22.4 Å². The number of nitrogens with zero attached hydrogens (tertiary/aromatic N) is 1. The number of anilines is 1. The Kier molecular flexibility index (Phi) is 5.78. The number of aromatic carboxylic acids is 1. The number of alkyl halides is 4. The summed E-state index contributed by atoms with van der Waals surface area (Å²) in [5.41, 5.74) is 0.590. The van der Waals surface area contributed by atoms with Crippen molar-refractivity contribution in [2.75, 3.05) is 18.1 Å². The lowest BCUT2D eigenvalue weighted by atomic mass is 10.1. The van der Waals surface area contributed by atoms with Crippen LogP contribution in [0.2, 0.25) is 0 Å². The van der Waals surface area contributed by atoms with E-state index >= 15 is 0 Å². The molecule has 1 fully saturated rings. The van der Waals surface area contributed by atoms with Crippen LogP contribution in [0.3, 0.4) is 0 Å². The van der Waals surface area contributed by atoms with Gasteiger partial charge in [0.05, 0.1) is 24.3 Å². The highest BCUT2D eigenvalue weighted by Gasteiger charge is 2.35. The van der Waals surface area contributed by atoms with Crippen molar-refractivity contribution in [1.82, 2.24) is 0 Å². The van der Waals surface area contributed by atoms with Crippen LogP contribution in [0.4, 0.5) is 23.2 Å². The zero-order valence-electron chi connectivity index (χ0n) is 11.9. The first-order valence-corrected chi connectivity index (χ1v) is 6.80. The number of hydrogen-bond donors (Lipinski definition) is 1. The lowest BCUT2D eigenvalue weighted by Crippen LogP contribution is -2.34. The van der Waals surface area contributed by atoms with Crippen LogP contribution in [-0.2, 0) is 9.47 Å². The van der Waals surface area contributed by atoms with Crippen molar-refractivity contribution in [1.29, 1.82) is 0 Å². The standard InChI is InChI=1S/C14H15F4NO4/c15-13(16)22-7-10-5-11(23-14(17)18)6-19(10)9-3-1-8(2-4-9)12(20)21/h1-4,10-11,13-14H,5-7H2,(H,20,21)/t10-,11-/m0/s1. The molecule has 128 valence electrons. The van der Waals surface area contributed by atoms with Crippen molar-refractivity contribution in [3.8, 4) is 0 Å². The van der Waals surface area contributed by atoms with E-state index in [1.165, 1.54) is 24.3 Å². The fourth-order valence-electron chi connectivity index (χ4n) is 2.57. The van der Waals surface area contributed by atoms with Crippen molar-refractivity contribution in [2.24, 2.45) is 0 Å². The molecular formula is C14H15F4NO4. The molecule has 2 rings (SSSR count). The van der Waals surface area contributed by atoms with E-state index in [4.69, 9.17) is 5.11 Å². The zero-order chi connectivity index (χ0) is 17.0. The molecule has 0 aliphatic carbocycles. The van der Waals surface area contributed by atoms with E-state index < -0.39 is 31.3 Å². The van der Waals surface area contributed by atoms with Gasteiger partial charge in [0.2, 0.25) is 0 Å². The van der Waals surface area contributed by atoms with Crippen LogP contribution < -0.4 is 4.90 Å². The Bertz CT molecular complexity index is 526. The topological polar surface area (TPSA) is 59.0 Å². The molecule has 1 N–H and O–H groups in total. The molecule has 9 heteroatoms. The molecule has 0 bridgehead atoms. The maximum absolute atomic E-state index is 12.3. The minimum atomic E-state index is -2.96.